The van der Waals surface area contributed by atoms with Crippen molar-refractivity contribution in [3.05, 3.63) is 6.92 Å². The maximum absolute atomic E-state index is 3.72. The monoisotopic (exact) mass is 116 g/mol. The van der Waals surface area contributed by atoms with Crippen LogP contribution < -0.4 is 5.43 Å². The Kier molecular flexibility index (Phi) is 3.02. The molecule has 0 heterocycles. The van der Waals surface area contributed by atoms with Crippen molar-refractivity contribution in [1.82, 2.24) is 5.43 Å². The highest BCUT2D eigenvalue weighted by atomic mass is 15.6. The van der Waals surface area contributed by atoms with E-state index < -0.39 is 0 Å². The zero-order chi connectivity index (χ0) is 6.62. The van der Waals surface area contributed by atoms with Crippen LogP contribution in [0.3, 0.4) is 0 Å². The lowest BCUT2D eigenvalue weighted by Gasteiger charge is -2.23. The molecule has 0 aromatic carbocycles. The summed E-state index contributed by atoms with van der Waals surface area (Å²) in [7, 11) is 6.28. The molecule has 0 rings (SSSR count). The first kappa shape index (κ1) is 7.92. The number of quaternary nitrogens is 1. The molecule has 0 saturated carbocycles. The van der Waals surface area contributed by atoms with Gasteiger partial charge in [-0.05, 0) is 6.42 Å². The Morgan fingerprint density at radius 2 is 1.88 bits per heavy atom. The van der Waals surface area contributed by atoms with Gasteiger partial charge in [0.25, 0.3) is 0 Å². The average molecular weight is 116 g/mol. The minimum absolute atomic E-state index is 0.815. The Balaban J connectivity index is 3.11. The number of hydrogen-bond donors (Lipinski definition) is 1. The summed E-state index contributed by atoms with van der Waals surface area (Å²) in [6.45, 7) is 4.71. The first-order valence-electron chi connectivity index (χ1n) is 2.92. The molecular formula is C6H16N2+. The molecule has 0 aromatic rings. The van der Waals surface area contributed by atoms with E-state index >= 15 is 0 Å². The summed E-state index contributed by atoms with van der Waals surface area (Å²) >= 11 is 0. The molecule has 0 aliphatic carbocycles. The average Bonchev–Trinajstić information content (AvgIpc) is 1.59. The molecule has 1 radical (unpaired) electrons. The van der Waals surface area contributed by atoms with Crippen LogP contribution >= 0.6 is 0 Å². The van der Waals surface area contributed by atoms with Crippen LogP contribution in [0.4, 0.5) is 0 Å². The molecule has 0 atom stereocenters. The molecule has 0 amide bonds. The van der Waals surface area contributed by atoms with Crippen LogP contribution in [0.2, 0.25) is 0 Å². The van der Waals surface area contributed by atoms with Crippen molar-refractivity contribution in [2.75, 3.05) is 27.7 Å². The van der Waals surface area contributed by atoms with E-state index in [-0.39, 0.29) is 0 Å². The zero-order valence-electron chi connectivity index (χ0n) is 6.07. The predicted octanol–water partition coefficient (Wildman–Crippen LogP) is 0.421. The highest BCUT2D eigenvalue weighted by Gasteiger charge is 2.01. The highest BCUT2D eigenvalue weighted by molar-refractivity contribution is 4.36. The van der Waals surface area contributed by atoms with E-state index in [1.165, 1.54) is 0 Å². The van der Waals surface area contributed by atoms with Crippen LogP contribution in [0.1, 0.15) is 6.42 Å². The van der Waals surface area contributed by atoms with Gasteiger partial charge in [0.15, 0.2) is 0 Å². The summed E-state index contributed by atoms with van der Waals surface area (Å²) in [4.78, 5) is 0. The van der Waals surface area contributed by atoms with Crippen LogP contribution in [0.25, 0.3) is 0 Å². The van der Waals surface area contributed by atoms with Crippen molar-refractivity contribution < 1.29 is 4.59 Å². The molecule has 2 heteroatoms. The maximum atomic E-state index is 3.72. The van der Waals surface area contributed by atoms with Crippen molar-refractivity contribution in [2.45, 2.75) is 6.42 Å². The van der Waals surface area contributed by atoms with Crippen molar-refractivity contribution in [2.24, 2.45) is 0 Å². The fourth-order valence-electron chi connectivity index (χ4n) is 0.414. The third-order valence-electron chi connectivity index (χ3n) is 0.763. The van der Waals surface area contributed by atoms with Gasteiger partial charge in [-0.3, -0.25) is 4.59 Å². The van der Waals surface area contributed by atoms with Crippen LogP contribution in [0, 0.1) is 6.92 Å². The molecular weight excluding hydrogens is 100 g/mol. The van der Waals surface area contributed by atoms with E-state index in [4.69, 9.17) is 0 Å². The fourth-order valence-corrected chi connectivity index (χ4v) is 0.414. The van der Waals surface area contributed by atoms with Gasteiger partial charge in [0.1, 0.15) is 0 Å². The highest BCUT2D eigenvalue weighted by Crippen LogP contribution is 1.80. The second-order valence-electron chi connectivity index (χ2n) is 2.77. The van der Waals surface area contributed by atoms with Gasteiger partial charge in [0.2, 0.25) is 0 Å². The molecule has 0 bridgehead atoms. The van der Waals surface area contributed by atoms with E-state index in [0.29, 0.717) is 0 Å². The normalized spacial score (nSPS) is 12.0. The Bertz CT molecular complexity index is 54.0. The SMILES string of the molecule is [CH2]CCN[N+](C)(C)C. The van der Waals surface area contributed by atoms with Crippen LogP contribution in [-0.2, 0) is 0 Å². The predicted molar refractivity (Wildman–Crippen MR) is 36.0 cm³/mol. The van der Waals surface area contributed by atoms with E-state index in [9.17, 15) is 0 Å². The number of hydrogen-bond acceptors (Lipinski definition) is 1. The Morgan fingerprint density at radius 3 is 2.00 bits per heavy atom. The molecule has 0 unspecified atom stereocenters. The summed E-state index contributed by atoms with van der Waals surface area (Å²) in [6, 6.07) is 0. The van der Waals surface area contributed by atoms with E-state index in [1.54, 1.807) is 0 Å². The van der Waals surface area contributed by atoms with Gasteiger partial charge in [-0.15, -0.1) is 0 Å². The van der Waals surface area contributed by atoms with Crippen LogP contribution in [-0.4, -0.2) is 32.3 Å². The minimum Gasteiger partial charge on any atom is -0.253 e. The molecule has 49 valence electrons. The molecule has 0 aliphatic rings. The summed E-state index contributed by atoms with van der Waals surface area (Å²) < 4.78 is 0.815. The summed E-state index contributed by atoms with van der Waals surface area (Å²) in [6.07, 6.45) is 0.954. The summed E-state index contributed by atoms with van der Waals surface area (Å²) in [5.41, 5.74) is 3.25. The second-order valence-corrected chi connectivity index (χ2v) is 2.77. The third kappa shape index (κ3) is 5.92. The van der Waals surface area contributed by atoms with Gasteiger partial charge in [0, 0.05) is 6.54 Å². The fraction of sp³-hybridized carbons (Fsp3) is 0.833. The van der Waals surface area contributed by atoms with Gasteiger partial charge in [-0.1, -0.05) is 6.92 Å². The number of nitrogens with one attached hydrogen (secondary N) is 1. The van der Waals surface area contributed by atoms with Gasteiger partial charge in [0.05, 0.1) is 21.1 Å². The Hall–Kier alpha value is -0.0800. The lowest BCUT2D eigenvalue weighted by atomic mass is 10.5. The molecule has 1 N–H and O–H groups in total. The number of nitrogens with zero attached hydrogens (tertiary/aromatic N) is 1. The Labute approximate surface area is 52.1 Å². The standard InChI is InChI=1S/C6H16N2/c1-5-6-7-8(2,3)4/h7H,1,5-6H2,2-4H3/q+1. The van der Waals surface area contributed by atoms with Crippen molar-refractivity contribution in [3.8, 4) is 0 Å². The molecule has 0 aliphatic heterocycles. The van der Waals surface area contributed by atoms with Gasteiger partial charge >= 0.3 is 0 Å². The van der Waals surface area contributed by atoms with Gasteiger partial charge in [-0.2, -0.15) is 5.43 Å². The largest absolute Gasteiger partial charge is 0.253 e. The van der Waals surface area contributed by atoms with Crippen molar-refractivity contribution in [3.63, 3.8) is 0 Å². The topological polar surface area (TPSA) is 12.0 Å². The van der Waals surface area contributed by atoms with Crippen molar-refractivity contribution in [1.29, 1.82) is 0 Å². The second kappa shape index (κ2) is 3.05. The molecule has 0 fully saturated rings. The lowest BCUT2D eigenvalue weighted by Crippen LogP contribution is -2.48. The first-order valence-corrected chi connectivity index (χ1v) is 2.92. The maximum Gasteiger partial charge on any atom is 0.0853 e. The third-order valence-corrected chi connectivity index (χ3v) is 0.763. The van der Waals surface area contributed by atoms with Crippen LogP contribution in [0.5, 0.6) is 0 Å². The molecule has 8 heavy (non-hydrogen) atoms. The van der Waals surface area contributed by atoms with Gasteiger partial charge < -0.3 is 0 Å². The number of rotatable bonds is 3. The molecule has 2 nitrogen and oxygen atoms in total. The minimum atomic E-state index is 0.815. The Morgan fingerprint density at radius 1 is 1.38 bits per heavy atom. The molecule has 0 aromatic heterocycles. The first-order chi connectivity index (χ1) is 3.56. The van der Waals surface area contributed by atoms with E-state index in [2.05, 4.69) is 33.5 Å². The molecule has 0 saturated heterocycles. The lowest BCUT2D eigenvalue weighted by molar-refractivity contribution is -0.915. The summed E-state index contributed by atoms with van der Waals surface area (Å²) in [5.74, 6) is 0. The quantitative estimate of drug-likeness (QED) is 0.416. The van der Waals surface area contributed by atoms with Crippen LogP contribution in [0.15, 0.2) is 0 Å². The van der Waals surface area contributed by atoms with E-state index in [0.717, 1.165) is 17.6 Å². The van der Waals surface area contributed by atoms with Gasteiger partial charge in [-0.25, -0.2) is 0 Å². The molecule has 0 spiro atoms. The van der Waals surface area contributed by atoms with E-state index in [1.807, 2.05) is 0 Å². The smallest absolute Gasteiger partial charge is 0.0853 e. The zero-order valence-corrected chi connectivity index (χ0v) is 6.07. The summed E-state index contributed by atoms with van der Waals surface area (Å²) in [5, 5.41) is 0. The van der Waals surface area contributed by atoms with Crippen molar-refractivity contribution >= 4 is 0 Å².